The number of nitrogens with zero attached hydrogens (tertiary/aromatic N) is 3. The maximum atomic E-state index is 12.6. The average molecular weight is 397 g/mol. The minimum atomic E-state index is -4.09. The molecular formula is C15H19N5O6S. The topological polar surface area (TPSA) is 159 Å². The van der Waals surface area contributed by atoms with E-state index in [0.717, 1.165) is 12.1 Å². The van der Waals surface area contributed by atoms with Gasteiger partial charge in [0.25, 0.3) is 11.6 Å². The zero-order valence-corrected chi connectivity index (χ0v) is 15.7. The molecule has 1 amide bonds. The predicted octanol–water partition coefficient (Wildman–Crippen LogP) is 1.15. The maximum absolute atomic E-state index is 12.6. The Morgan fingerprint density at radius 1 is 1.41 bits per heavy atom. The molecule has 146 valence electrons. The van der Waals surface area contributed by atoms with Gasteiger partial charge >= 0.3 is 0 Å². The van der Waals surface area contributed by atoms with E-state index in [1.165, 1.54) is 23.9 Å². The first-order valence-electron chi connectivity index (χ1n) is 7.81. The van der Waals surface area contributed by atoms with Crippen molar-refractivity contribution in [3.8, 4) is 11.6 Å². The molecule has 27 heavy (non-hydrogen) atoms. The molecule has 0 spiro atoms. The van der Waals surface area contributed by atoms with Crippen molar-refractivity contribution in [2.75, 3.05) is 6.54 Å². The third kappa shape index (κ3) is 4.80. The number of aryl methyl sites for hydroxylation is 1. The zero-order chi connectivity index (χ0) is 20.4. The summed E-state index contributed by atoms with van der Waals surface area (Å²) in [5.41, 5.74) is 4.68. The number of sulfonamides is 1. The number of nitrogens with two attached hydrogens (primary N) is 1. The van der Waals surface area contributed by atoms with Crippen molar-refractivity contribution in [1.82, 2.24) is 14.5 Å². The molecule has 11 nitrogen and oxygen atoms in total. The van der Waals surface area contributed by atoms with Gasteiger partial charge in [0.2, 0.25) is 15.9 Å². The van der Waals surface area contributed by atoms with Gasteiger partial charge in [-0.15, -0.1) is 0 Å². The summed E-state index contributed by atoms with van der Waals surface area (Å²) in [5.74, 6) is -0.873. The number of primary amides is 1. The van der Waals surface area contributed by atoms with Crippen molar-refractivity contribution in [2.45, 2.75) is 18.7 Å². The summed E-state index contributed by atoms with van der Waals surface area (Å²) in [7, 11) is -2.61. The first kappa shape index (κ1) is 20.3. The Bertz CT molecular complexity index is 983. The number of benzene rings is 1. The number of rotatable bonds is 8. The van der Waals surface area contributed by atoms with Gasteiger partial charge < -0.3 is 10.5 Å². The molecule has 1 aromatic heterocycles. The average Bonchev–Trinajstić information content (AvgIpc) is 2.94. The van der Waals surface area contributed by atoms with Gasteiger partial charge in [0.05, 0.1) is 4.92 Å². The molecule has 0 aliphatic rings. The highest BCUT2D eigenvalue weighted by atomic mass is 32.2. The van der Waals surface area contributed by atoms with Crippen LogP contribution in [0.5, 0.6) is 11.6 Å². The molecule has 1 aromatic carbocycles. The van der Waals surface area contributed by atoms with Crippen molar-refractivity contribution in [3.63, 3.8) is 0 Å². The van der Waals surface area contributed by atoms with Crippen molar-refractivity contribution >= 4 is 21.6 Å². The van der Waals surface area contributed by atoms with Crippen LogP contribution in [0.3, 0.4) is 0 Å². The fraction of sp³-hybridized carbons (Fsp3) is 0.333. The van der Waals surface area contributed by atoms with Crippen LogP contribution in [-0.2, 0) is 17.1 Å². The standard InChI is InChI=1S/C15H19N5O6S/c1-9(2)8-17-27(24,25)13-6-10(20(22)23)4-5-12(13)26-14-7-11(15(16)21)18-19(14)3/h4-7,9,17H,8H2,1-3H3,(H2,16,21). The highest BCUT2D eigenvalue weighted by molar-refractivity contribution is 7.89. The normalized spacial score (nSPS) is 11.6. The zero-order valence-electron chi connectivity index (χ0n) is 14.9. The first-order chi connectivity index (χ1) is 12.5. The lowest BCUT2D eigenvalue weighted by Gasteiger charge is -2.13. The Kier molecular flexibility index (Phi) is 5.81. The second-order valence-corrected chi connectivity index (χ2v) is 7.83. The van der Waals surface area contributed by atoms with E-state index < -0.39 is 31.4 Å². The van der Waals surface area contributed by atoms with E-state index in [-0.39, 0.29) is 29.8 Å². The van der Waals surface area contributed by atoms with Crippen LogP contribution in [-0.4, -0.2) is 35.6 Å². The SMILES string of the molecule is CC(C)CNS(=O)(=O)c1cc([N+](=O)[O-])ccc1Oc1cc(C(N)=O)nn1C. The summed E-state index contributed by atoms with van der Waals surface area (Å²) in [6.07, 6.45) is 0. The number of nitro groups is 1. The monoisotopic (exact) mass is 397 g/mol. The molecule has 3 N–H and O–H groups in total. The Morgan fingerprint density at radius 2 is 2.07 bits per heavy atom. The molecule has 0 radical (unpaired) electrons. The lowest BCUT2D eigenvalue weighted by molar-refractivity contribution is -0.385. The van der Waals surface area contributed by atoms with E-state index in [1.54, 1.807) is 0 Å². The number of ether oxygens (including phenoxy) is 1. The third-order valence-corrected chi connectivity index (χ3v) is 4.86. The van der Waals surface area contributed by atoms with E-state index in [1.807, 2.05) is 13.8 Å². The molecule has 0 aliphatic heterocycles. The maximum Gasteiger partial charge on any atom is 0.271 e. The molecule has 0 bridgehead atoms. The van der Waals surface area contributed by atoms with Crippen molar-refractivity contribution in [2.24, 2.45) is 18.7 Å². The van der Waals surface area contributed by atoms with Crippen LogP contribution in [0.4, 0.5) is 5.69 Å². The van der Waals surface area contributed by atoms with Crippen LogP contribution in [0.1, 0.15) is 24.3 Å². The Balaban J connectivity index is 2.50. The van der Waals surface area contributed by atoms with Gasteiger partial charge in [0.1, 0.15) is 10.6 Å². The molecule has 0 atom stereocenters. The van der Waals surface area contributed by atoms with E-state index in [9.17, 15) is 23.3 Å². The van der Waals surface area contributed by atoms with Gasteiger partial charge in [-0.3, -0.25) is 14.9 Å². The van der Waals surface area contributed by atoms with Gasteiger partial charge in [-0.25, -0.2) is 17.8 Å². The molecule has 2 rings (SSSR count). The number of nitrogens with one attached hydrogen (secondary N) is 1. The van der Waals surface area contributed by atoms with Crippen LogP contribution in [0.25, 0.3) is 0 Å². The first-order valence-corrected chi connectivity index (χ1v) is 9.29. The highest BCUT2D eigenvalue weighted by Crippen LogP contribution is 2.32. The summed E-state index contributed by atoms with van der Waals surface area (Å²) in [6.45, 7) is 3.77. The van der Waals surface area contributed by atoms with Crippen molar-refractivity contribution < 1.29 is 22.9 Å². The molecule has 12 heteroatoms. The van der Waals surface area contributed by atoms with Gasteiger partial charge in [-0.1, -0.05) is 13.8 Å². The summed E-state index contributed by atoms with van der Waals surface area (Å²) < 4.78 is 34.3. The van der Waals surface area contributed by atoms with E-state index >= 15 is 0 Å². The van der Waals surface area contributed by atoms with Gasteiger partial charge in [-0.2, -0.15) is 5.10 Å². The van der Waals surface area contributed by atoms with Crippen LogP contribution >= 0.6 is 0 Å². The molecule has 0 aliphatic carbocycles. The fourth-order valence-electron chi connectivity index (χ4n) is 2.04. The minimum Gasteiger partial charge on any atom is -0.438 e. The number of hydrogen-bond acceptors (Lipinski definition) is 7. The number of hydrogen-bond donors (Lipinski definition) is 2. The summed E-state index contributed by atoms with van der Waals surface area (Å²) >= 11 is 0. The van der Waals surface area contributed by atoms with Crippen LogP contribution in [0, 0.1) is 16.0 Å². The Labute approximate surface area is 155 Å². The number of carbonyl (C=O) groups is 1. The molecule has 0 saturated carbocycles. The second kappa shape index (κ2) is 7.72. The number of carbonyl (C=O) groups excluding carboxylic acids is 1. The van der Waals surface area contributed by atoms with Crippen LogP contribution in [0.15, 0.2) is 29.2 Å². The van der Waals surface area contributed by atoms with Crippen molar-refractivity contribution in [3.05, 3.63) is 40.1 Å². The van der Waals surface area contributed by atoms with Crippen molar-refractivity contribution in [1.29, 1.82) is 0 Å². The lowest BCUT2D eigenvalue weighted by Crippen LogP contribution is -2.28. The number of aromatic nitrogens is 2. The summed E-state index contributed by atoms with van der Waals surface area (Å²) in [5, 5.41) is 14.9. The Morgan fingerprint density at radius 3 is 2.59 bits per heavy atom. The van der Waals surface area contributed by atoms with E-state index in [0.29, 0.717) is 0 Å². The van der Waals surface area contributed by atoms with E-state index in [4.69, 9.17) is 10.5 Å². The van der Waals surface area contributed by atoms with Gasteiger partial charge in [0, 0.05) is 31.8 Å². The molecule has 0 saturated heterocycles. The number of nitro benzene ring substituents is 1. The largest absolute Gasteiger partial charge is 0.438 e. The number of non-ortho nitro benzene ring substituents is 1. The van der Waals surface area contributed by atoms with Crippen LogP contribution < -0.4 is 15.2 Å². The minimum absolute atomic E-state index is 0.0260. The molecule has 1 heterocycles. The molecule has 0 unspecified atom stereocenters. The lowest BCUT2D eigenvalue weighted by atomic mass is 10.2. The highest BCUT2D eigenvalue weighted by Gasteiger charge is 2.25. The van der Waals surface area contributed by atoms with E-state index in [2.05, 4.69) is 9.82 Å². The van der Waals surface area contributed by atoms with Gasteiger partial charge in [-0.05, 0) is 12.0 Å². The number of amides is 1. The quantitative estimate of drug-likeness (QED) is 0.499. The molecular weight excluding hydrogens is 378 g/mol. The fourth-order valence-corrected chi connectivity index (χ4v) is 3.40. The second-order valence-electron chi connectivity index (χ2n) is 6.09. The molecule has 2 aromatic rings. The molecule has 0 fully saturated rings. The summed E-state index contributed by atoms with van der Waals surface area (Å²) in [4.78, 5) is 21.1. The Hall–Kier alpha value is -2.99. The van der Waals surface area contributed by atoms with Gasteiger partial charge in [0.15, 0.2) is 5.69 Å². The summed E-state index contributed by atoms with van der Waals surface area (Å²) in [6, 6.07) is 4.42. The predicted molar refractivity (Wildman–Crippen MR) is 94.9 cm³/mol. The smallest absolute Gasteiger partial charge is 0.271 e. The third-order valence-electron chi connectivity index (χ3n) is 3.41. The van der Waals surface area contributed by atoms with Crippen LogP contribution in [0.2, 0.25) is 0 Å².